The molecule has 68 valence electrons. The van der Waals surface area contributed by atoms with Crippen LogP contribution in [0.2, 0.25) is 0 Å². The highest BCUT2D eigenvalue weighted by Gasteiger charge is 2.26. The Labute approximate surface area is 70.8 Å². The fourth-order valence-electron chi connectivity index (χ4n) is 0.427. The number of carbonyl (C=O) groups excluding carboxylic acids is 2. The number of Topliss-reactive ketones (excluding diaryl/α,β-unsaturated/α-hetero) is 1. The maximum Gasteiger partial charge on any atom is 0.303 e. The maximum absolute atomic E-state index is 11.0. The molecule has 0 aliphatic carbocycles. The van der Waals surface area contributed by atoms with Crippen LogP contribution in [0.15, 0.2) is 12.7 Å². The fourth-order valence-corrected chi connectivity index (χ4v) is 0.427. The molecule has 0 saturated heterocycles. The zero-order chi connectivity index (χ0) is 9.78. The molecule has 0 amide bonds. The first-order valence-electron chi connectivity index (χ1n) is 3.43. The highest BCUT2D eigenvalue weighted by molar-refractivity contribution is 5.90. The van der Waals surface area contributed by atoms with Crippen molar-refractivity contribution >= 4 is 11.8 Å². The third-order valence-corrected chi connectivity index (χ3v) is 1.37. The molecule has 0 radical (unpaired) electrons. The van der Waals surface area contributed by atoms with Crippen molar-refractivity contribution in [1.29, 1.82) is 0 Å². The average Bonchev–Trinajstić information content (AvgIpc) is 2.00. The number of aliphatic hydroxyl groups is 1. The average molecular weight is 172 g/mol. The van der Waals surface area contributed by atoms with Crippen LogP contribution in [0.4, 0.5) is 0 Å². The lowest BCUT2D eigenvalue weighted by atomic mass is 10.0. The maximum atomic E-state index is 11.0. The van der Waals surface area contributed by atoms with Crippen LogP contribution in [0.25, 0.3) is 0 Å². The molecule has 0 heterocycles. The summed E-state index contributed by atoms with van der Waals surface area (Å²) in [6.07, 6.45) is 1.10. The van der Waals surface area contributed by atoms with Gasteiger partial charge >= 0.3 is 5.97 Å². The van der Waals surface area contributed by atoms with Crippen molar-refractivity contribution in [3.8, 4) is 0 Å². The molecular formula is C8H12O4. The lowest BCUT2D eigenvalue weighted by Gasteiger charge is -2.15. The van der Waals surface area contributed by atoms with Crippen molar-refractivity contribution < 1.29 is 19.4 Å². The summed E-state index contributed by atoms with van der Waals surface area (Å²) in [6.45, 7) is 5.32. The zero-order valence-electron chi connectivity index (χ0n) is 7.16. The van der Waals surface area contributed by atoms with E-state index in [0.717, 1.165) is 6.08 Å². The van der Waals surface area contributed by atoms with Crippen LogP contribution in [0, 0.1) is 0 Å². The second-order valence-electron chi connectivity index (χ2n) is 2.56. The number of rotatable bonds is 4. The molecule has 12 heavy (non-hydrogen) atoms. The molecule has 0 fully saturated rings. The molecular weight excluding hydrogens is 160 g/mol. The standard InChI is InChI=1S/C8H12O4/c1-4-8(3,11)7(10)5-12-6(2)9/h4,11H,1,5H2,2-3H3. The van der Waals surface area contributed by atoms with E-state index < -0.39 is 24.0 Å². The van der Waals surface area contributed by atoms with E-state index in [2.05, 4.69) is 11.3 Å². The van der Waals surface area contributed by atoms with Crippen LogP contribution in [0.1, 0.15) is 13.8 Å². The van der Waals surface area contributed by atoms with Crippen LogP contribution < -0.4 is 0 Å². The molecule has 0 aromatic rings. The molecule has 0 aromatic heterocycles. The van der Waals surface area contributed by atoms with E-state index in [0.29, 0.717) is 0 Å². The van der Waals surface area contributed by atoms with Crippen molar-refractivity contribution in [1.82, 2.24) is 0 Å². The Kier molecular flexibility index (Phi) is 3.63. The van der Waals surface area contributed by atoms with Gasteiger partial charge in [-0.1, -0.05) is 12.7 Å². The SMILES string of the molecule is C=CC(C)(O)C(=O)COC(C)=O. The first kappa shape index (κ1) is 10.8. The Balaban J connectivity index is 4.04. The van der Waals surface area contributed by atoms with Gasteiger partial charge in [0.2, 0.25) is 5.78 Å². The number of ether oxygens (including phenoxy) is 1. The van der Waals surface area contributed by atoms with Gasteiger partial charge in [-0.3, -0.25) is 9.59 Å². The van der Waals surface area contributed by atoms with Crippen molar-refractivity contribution in [2.24, 2.45) is 0 Å². The van der Waals surface area contributed by atoms with Crippen LogP contribution in [-0.4, -0.2) is 29.1 Å². The highest BCUT2D eigenvalue weighted by atomic mass is 16.5. The Morgan fingerprint density at radius 3 is 2.50 bits per heavy atom. The van der Waals surface area contributed by atoms with Gasteiger partial charge in [-0.05, 0) is 6.92 Å². The summed E-state index contributed by atoms with van der Waals surface area (Å²) < 4.78 is 4.40. The van der Waals surface area contributed by atoms with E-state index in [1.807, 2.05) is 0 Å². The molecule has 1 atom stereocenters. The fraction of sp³-hybridized carbons (Fsp3) is 0.500. The minimum atomic E-state index is -1.62. The predicted molar refractivity (Wildman–Crippen MR) is 42.5 cm³/mol. The van der Waals surface area contributed by atoms with Crippen LogP contribution >= 0.6 is 0 Å². The van der Waals surface area contributed by atoms with Crippen LogP contribution in [-0.2, 0) is 14.3 Å². The van der Waals surface area contributed by atoms with E-state index in [9.17, 15) is 14.7 Å². The lowest BCUT2D eigenvalue weighted by Crippen LogP contribution is -2.36. The van der Waals surface area contributed by atoms with Crippen molar-refractivity contribution in [3.05, 3.63) is 12.7 Å². The normalized spacial score (nSPS) is 14.6. The first-order valence-corrected chi connectivity index (χ1v) is 3.43. The van der Waals surface area contributed by atoms with Crippen LogP contribution in [0.3, 0.4) is 0 Å². The van der Waals surface area contributed by atoms with E-state index >= 15 is 0 Å². The molecule has 0 bridgehead atoms. The molecule has 1 unspecified atom stereocenters. The van der Waals surface area contributed by atoms with Crippen molar-refractivity contribution in [3.63, 3.8) is 0 Å². The smallest absolute Gasteiger partial charge is 0.303 e. The van der Waals surface area contributed by atoms with E-state index in [-0.39, 0.29) is 0 Å². The van der Waals surface area contributed by atoms with Gasteiger partial charge in [0, 0.05) is 6.92 Å². The minimum absolute atomic E-state index is 0.422. The van der Waals surface area contributed by atoms with Gasteiger partial charge < -0.3 is 9.84 Å². The summed E-state index contributed by atoms with van der Waals surface area (Å²) >= 11 is 0. The second-order valence-corrected chi connectivity index (χ2v) is 2.56. The second kappa shape index (κ2) is 4.01. The molecule has 0 aliphatic rings. The number of carbonyl (C=O) groups is 2. The quantitative estimate of drug-likeness (QED) is 0.481. The number of ketones is 1. The van der Waals surface area contributed by atoms with Crippen LogP contribution in [0.5, 0.6) is 0 Å². The lowest BCUT2D eigenvalue weighted by molar-refractivity contribution is -0.150. The zero-order valence-corrected chi connectivity index (χ0v) is 7.16. The van der Waals surface area contributed by atoms with Gasteiger partial charge in [-0.25, -0.2) is 0 Å². The number of esters is 1. The summed E-state index contributed by atoms with van der Waals surface area (Å²) in [5, 5.41) is 9.25. The summed E-state index contributed by atoms with van der Waals surface area (Å²) in [5.74, 6) is -1.14. The predicted octanol–water partition coefficient (Wildman–Crippen LogP) is 0.0556. The summed E-state index contributed by atoms with van der Waals surface area (Å²) in [4.78, 5) is 21.3. The third-order valence-electron chi connectivity index (χ3n) is 1.37. The van der Waals surface area contributed by atoms with Crippen molar-refractivity contribution in [2.45, 2.75) is 19.4 Å². The first-order chi connectivity index (χ1) is 5.40. The minimum Gasteiger partial charge on any atom is -0.458 e. The van der Waals surface area contributed by atoms with Crippen molar-refractivity contribution in [2.75, 3.05) is 6.61 Å². The topological polar surface area (TPSA) is 63.6 Å². The largest absolute Gasteiger partial charge is 0.458 e. The Morgan fingerprint density at radius 1 is 1.67 bits per heavy atom. The van der Waals surface area contributed by atoms with Gasteiger partial charge in [0.05, 0.1) is 0 Å². The number of hydrogen-bond donors (Lipinski definition) is 1. The molecule has 0 aromatic carbocycles. The molecule has 0 aliphatic heterocycles. The van der Waals surface area contributed by atoms with Gasteiger partial charge in [-0.2, -0.15) is 0 Å². The highest BCUT2D eigenvalue weighted by Crippen LogP contribution is 2.05. The summed E-state index contributed by atoms with van der Waals surface area (Å²) in [5.41, 5.74) is -1.62. The molecule has 0 spiro atoms. The van der Waals surface area contributed by atoms with E-state index in [1.165, 1.54) is 13.8 Å². The summed E-state index contributed by atoms with van der Waals surface area (Å²) in [6, 6.07) is 0. The molecule has 0 rings (SSSR count). The molecule has 4 heteroatoms. The molecule has 1 N–H and O–H groups in total. The Bertz CT molecular complexity index is 205. The third kappa shape index (κ3) is 3.30. The van der Waals surface area contributed by atoms with Gasteiger partial charge in [0.15, 0.2) is 6.61 Å². The number of hydrogen-bond acceptors (Lipinski definition) is 4. The van der Waals surface area contributed by atoms with E-state index in [4.69, 9.17) is 0 Å². The molecule has 0 saturated carbocycles. The monoisotopic (exact) mass is 172 g/mol. The van der Waals surface area contributed by atoms with Gasteiger partial charge in [-0.15, -0.1) is 0 Å². The Morgan fingerprint density at radius 2 is 2.17 bits per heavy atom. The van der Waals surface area contributed by atoms with Gasteiger partial charge in [0.25, 0.3) is 0 Å². The summed E-state index contributed by atoms with van der Waals surface area (Å²) in [7, 11) is 0. The Hall–Kier alpha value is -1.16. The molecule has 4 nitrogen and oxygen atoms in total. The van der Waals surface area contributed by atoms with E-state index in [1.54, 1.807) is 0 Å². The van der Waals surface area contributed by atoms with Gasteiger partial charge in [0.1, 0.15) is 5.60 Å².